The summed E-state index contributed by atoms with van der Waals surface area (Å²) in [5.41, 5.74) is 3.05. The molecule has 0 N–H and O–H groups in total. The number of allylic oxidation sites excluding steroid dienone is 1. The van der Waals surface area contributed by atoms with Crippen molar-refractivity contribution < 1.29 is 4.79 Å². The fraction of sp³-hybridized carbons (Fsp3) is 0.235. The van der Waals surface area contributed by atoms with Crippen LogP contribution < -0.4 is 5.56 Å². The van der Waals surface area contributed by atoms with Crippen molar-refractivity contribution in [1.82, 2.24) is 14.1 Å². The Bertz CT molecular complexity index is 962. The Morgan fingerprint density at radius 3 is 2.96 bits per heavy atom. The number of rotatable bonds is 5. The summed E-state index contributed by atoms with van der Waals surface area (Å²) < 4.78 is 3.99. The maximum absolute atomic E-state index is 12.6. The summed E-state index contributed by atoms with van der Waals surface area (Å²) in [4.78, 5) is 29.2. The normalized spacial score (nSPS) is 11.0. The summed E-state index contributed by atoms with van der Waals surface area (Å²) >= 11 is 1.34. The molecular formula is C17H17N3O2S. The monoisotopic (exact) mass is 327 g/mol. The number of carbonyl (C=O) groups excluding carboxylic acids is 1. The molecule has 3 aromatic heterocycles. The number of thiophene rings is 1. The van der Waals surface area contributed by atoms with Crippen LogP contribution >= 0.6 is 11.3 Å². The zero-order valence-electron chi connectivity index (χ0n) is 13.1. The average Bonchev–Trinajstić information content (AvgIpc) is 3.10. The van der Waals surface area contributed by atoms with E-state index in [9.17, 15) is 9.59 Å². The molecule has 3 rings (SSSR count). The second kappa shape index (κ2) is 5.96. The second-order valence-corrected chi connectivity index (χ2v) is 6.34. The summed E-state index contributed by atoms with van der Waals surface area (Å²) in [7, 11) is 0. The molecule has 0 aliphatic rings. The van der Waals surface area contributed by atoms with Crippen molar-refractivity contribution in [2.24, 2.45) is 0 Å². The van der Waals surface area contributed by atoms with Crippen LogP contribution in [0.3, 0.4) is 0 Å². The minimum atomic E-state index is -0.168. The predicted molar refractivity (Wildman–Crippen MR) is 92.3 cm³/mol. The molecule has 0 spiro atoms. The molecule has 3 heterocycles. The lowest BCUT2D eigenvalue weighted by molar-refractivity contribution is 0.0970. The van der Waals surface area contributed by atoms with Gasteiger partial charge in [0.25, 0.3) is 5.56 Å². The Balaban J connectivity index is 1.95. The largest absolute Gasteiger partial charge is 0.345 e. The zero-order valence-corrected chi connectivity index (χ0v) is 13.9. The van der Waals surface area contributed by atoms with Crippen LogP contribution in [0, 0.1) is 13.8 Å². The first-order valence-corrected chi connectivity index (χ1v) is 8.14. The van der Waals surface area contributed by atoms with Crippen LogP contribution in [0.4, 0.5) is 0 Å². The highest BCUT2D eigenvalue weighted by Gasteiger charge is 2.17. The van der Waals surface area contributed by atoms with E-state index in [1.54, 1.807) is 12.1 Å². The molecule has 0 saturated carbocycles. The van der Waals surface area contributed by atoms with Gasteiger partial charge >= 0.3 is 0 Å². The molecule has 0 amide bonds. The first-order chi connectivity index (χ1) is 11.0. The van der Waals surface area contributed by atoms with E-state index in [0.29, 0.717) is 22.3 Å². The third-order valence-electron chi connectivity index (χ3n) is 3.94. The average molecular weight is 327 g/mol. The molecule has 0 radical (unpaired) electrons. The van der Waals surface area contributed by atoms with Crippen molar-refractivity contribution in [2.45, 2.75) is 26.9 Å². The lowest BCUT2D eigenvalue weighted by Crippen LogP contribution is -2.24. The van der Waals surface area contributed by atoms with Gasteiger partial charge in [-0.3, -0.25) is 14.2 Å². The Morgan fingerprint density at radius 2 is 2.22 bits per heavy atom. The highest BCUT2D eigenvalue weighted by atomic mass is 32.1. The minimum absolute atomic E-state index is 0.00193. The van der Waals surface area contributed by atoms with Gasteiger partial charge in [0.1, 0.15) is 4.70 Å². The molecule has 0 aliphatic heterocycles. The quantitative estimate of drug-likeness (QED) is 0.535. The molecule has 0 aromatic carbocycles. The molecule has 3 aromatic rings. The molecule has 0 fully saturated rings. The first kappa shape index (κ1) is 15.4. The Kier molecular flexibility index (Phi) is 4.00. The standard InChI is InChI=1S/C17H17N3O2S/c1-4-6-20-11(2)8-13(12(20)3)15(21)9-19-10-18-14-5-7-23-16(14)17(19)22/h4-5,7-8,10H,1,6,9H2,2-3H3. The summed E-state index contributed by atoms with van der Waals surface area (Å²) in [6, 6.07) is 3.67. The van der Waals surface area contributed by atoms with Crippen molar-refractivity contribution in [1.29, 1.82) is 0 Å². The van der Waals surface area contributed by atoms with Gasteiger partial charge in [-0.05, 0) is 31.4 Å². The molecule has 5 nitrogen and oxygen atoms in total. The second-order valence-electron chi connectivity index (χ2n) is 5.42. The van der Waals surface area contributed by atoms with E-state index >= 15 is 0 Å². The Hall–Kier alpha value is -2.47. The van der Waals surface area contributed by atoms with Gasteiger partial charge in [0.15, 0.2) is 5.78 Å². The summed E-state index contributed by atoms with van der Waals surface area (Å²) in [5, 5.41) is 1.83. The van der Waals surface area contributed by atoms with Crippen molar-refractivity contribution >= 4 is 27.3 Å². The summed E-state index contributed by atoms with van der Waals surface area (Å²) in [5.74, 6) is -0.0896. The SMILES string of the molecule is C=CCn1c(C)cc(C(=O)Cn2cnc3ccsc3c2=O)c1C. The van der Waals surface area contributed by atoms with E-state index < -0.39 is 0 Å². The number of Topliss-reactive ketones (excluding diaryl/α,β-unsaturated/α-hetero) is 1. The molecule has 0 atom stereocenters. The number of aryl methyl sites for hydroxylation is 1. The number of carbonyl (C=O) groups is 1. The van der Waals surface area contributed by atoms with E-state index in [4.69, 9.17) is 0 Å². The fourth-order valence-electron chi connectivity index (χ4n) is 2.72. The van der Waals surface area contributed by atoms with Crippen LogP contribution in [-0.4, -0.2) is 19.9 Å². The van der Waals surface area contributed by atoms with Crippen LogP contribution in [0.5, 0.6) is 0 Å². The highest BCUT2D eigenvalue weighted by Crippen LogP contribution is 2.17. The molecule has 118 valence electrons. The lowest BCUT2D eigenvalue weighted by Gasteiger charge is -2.07. The van der Waals surface area contributed by atoms with E-state index in [0.717, 1.165) is 11.4 Å². The molecule has 23 heavy (non-hydrogen) atoms. The van der Waals surface area contributed by atoms with E-state index in [1.807, 2.05) is 29.9 Å². The molecule has 0 bridgehead atoms. The van der Waals surface area contributed by atoms with E-state index in [1.165, 1.54) is 22.2 Å². The smallest absolute Gasteiger partial charge is 0.271 e. The number of hydrogen-bond acceptors (Lipinski definition) is 4. The molecule has 0 unspecified atom stereocenters. The highest BCUT2D eigenvalue weighted by molar-refractivity contribution is 7.17. The third kappa shape index (κ3) is 2.66. The van der Waals surface area contributed by atoms with Gasteiger partial charge in [0, 0.05) is 23.5 Å². The van der Waals surface area contributed by atoms with Gasteiger partial charge in [0.2, 0.25) is 0 Å². The number of fused-ring (bicyclic) bond motifs is 1. The van der Waals surface area contributed by atoms with Gasteiger partial charge in [-0.2, -0.15) is 0 Å². The lowest BCUT2D eigenvalue weighted by atomic mass is 10.1. The Morgan fingerprint density at radius 1 is 1.43 bits per heavy atom. The van der Waals surface area contributed by atoms with Gasteiger partial charge < -0.3 is 4.57 Å². The first-order valence-electron chi connectivity index (χ1n) is 7.26. The predicted octanol–water partition coefficient (Wildman–Crippen LogP) is 2.95. The van der Waals surface area contributed by atoms with Gasteiger partial charge in [-0.25, -0.2) is 4.98 Å². The maximum atomic E-state index is 12.6. The van der Waals surface area contributed by atoms with E-state index in [2.05, 4.69) is 11.6 Å². The Labute approximate surface area is 137 Å². The molecular weight excluding hydrogens is 310 g/mol. The molecule has 0 aliphatic carbocycles. The van der Waals surface area contributed by atoms with Gasteiger partial charge in [0.05, 0.1) is 18.4 Å². The van der Waals surface area contributed by atoms with Crippen molar-refractivity contribution in [2.75, 3.05) is 0 Å². The number of ketones is 1. The van der Waals surface area contributed by atoms with Crippen LogP contribution in [0.15, 0.2) is 41.3 Å². The van der Waals surface area contributed by atoms with Crippen molar-refractivity contribution in [3.05, 3.63) is 63.8 Å². The van der Waals surface area contributed by atoms with Gasteiger partial charge in [-0.1, -0.05) is 6.08 Å². The van der Waals surface area contributed by atoms with E-state index in [-0.39, 0.29) is 17.9 Å². The molecule has 0 saturated heterocycles. The number of aromatic nitrogens is 3. The summed E-state index contributed by atoms with van der Waals surface area (Å²) in [6.07, 6.45) is 3.24. The number of nitrogens with zero attached hydrogens (tertiary/aromatic N) is 3. The zero-order chi connectivity index (χ0) is 16.6. The summed E-state index contributed by atoms with van der Waals surface area (Å²) in [6.45, 7) is 8.26. The maximum Gasteiger partial charge on any atom is 0.271 e. The fourth-order valence-corrected chi connectivity index (χ4v) is 3.52. The number of hydrogen-bond donors (Lipinski definition) is 0. The minimum Gasteiger partial charge on any atom is -0.345 e. The molecule has 6 heteroatoms. The van der Waals surface area contributed by atoms with Crippen LogP contribution in [0.2, 0.25) is 0 Å². The van der Waals surface area contributed by atoms with Crippen LogP contribution in [0.1, 0.15) is 21.7 Å². The van der Waals surface area contributed by atoms with Crippen molar-refractivity contribution in [3.63, 3.8) is 0 Å². The van der Waals surface area contributed by atoms with Crippen LogP contribution in [-0.2, 0) is 13.1 Å². The van der Waals surface area contributed by atoms with Crippen molar-refractivity contribution in [3.8, 4) is 0 Å². The topological polar surface area (TPSA) is 56.9 Å². The van der Waals surface area contributed by atoms with Crippen LogP contribution in [0.25, 0.3) is 10.2 Å². The van der Waals surface area contributed by atoms with Gasteiger partial charge in [-0.15, -0.1) is 17.9 Å². The third-order valence-corrected chi connectivity index (χ3v) is 4.83.